The molecule has 0 saturated carbocycles. The zero-order valence-electron chi connectivity index (χ0n) is 13.9. The highest BCUT2D eigenvalue weighted by Crippen LogP contribution is 2.26. The van der Waals surface area contributed by atoms with Gasteiger partial charge < -0.3 is 10.2 Å². The number of aromatic nitrogens is 1. The smallest absolute Gasteiger partial charge is 0.274 e. The summed E-state index contributed by atoms with van der Waals surface area (Å²) in [6.45, 7) is 2.64. The zero-order valence-corrected chi connectivity index (χ0v) is 14.7. The fraction of sp³-hybridized carbons (Fsp3) is 0.389. The lowest BCUT2D eigenvalue weighted by Gasteiger charge is -2.33. The third kappa shape index (κ3) is 3.33. The predicted molar refractivity (Wildman–Crippen MR) is 95.0 cm³/mol. The quantitative estimate of drug-likeness (QED) is 0.932. The summed E-state index contributed by atoms with van der Waals surface area (Å²) in [4.78, 5) is 31.0. The summed E-state index contributed by atoms with van der Waals surface area (Å²) in [6, 6.07) is 7.70. The number of thiazole rings is 1. The molecule has 3 rings (SSSR count). The number of hydrogen-bond donors (Lipinski definition) is 1. The van der Waals surface area contributed by atoms with Gasteiger partial charge in [0.2, 0.25) is 5.91 Å². The molecule has 1 aliphatic heterocycles. The summed E-state index contributed by atoms with van der Waals surface area (Å²) in [5.41, 5.74) is 2.62. The number of carbonyl (C=O) groups excluding carboxylic acids is 2. The molecule has 2 heterocycles. The van der Waals surface area contributed by atoms with Crippen molar-refractivity contribution in [3.05, 3.63) is 40.9 Å². The van der Waals surface area contributed by atoms with E-state index in [2.05, 4.69) is 10.3 Å². The van der Waals surface area contributed by atoms with Gasteiger partial charge >= 0.3 is 0 Å². The fourth-order valence-electron chi connectivity index (χ4n) is 2.96. The minimum Gasteiger partial charge on any atom is -0.357 e. The van der Waals surface area contributed by atoms with Crippen molar-refractivity contribution in [2.45, 2.75) is 32.2 Å². The van der Waals surface area contributed by atoms with Crippen molar-refractivity contribution in [3.63, 3.8) is 0 Å². The number of rotatable bonds is 3. The lowest BCUT2D eigenvalue weighted by atomic mass is 10.0. The average molecular weight is 343 g/mol. The second-order valence-corrected chi connectivity index (χ2v) is 6.89. The standard InChI is InChI=1S/C18H21N3O2S/c1-12-6-8-13(9-7-12)17-20-14(11-24-17)18(23)21-10-4-3-5-15(21)16(22)19-2/h6-9,11,15H,3-5,10H2,1-2H3,(H,19,22)/t15-/m0/s1. The Morgan fingerprint density at radius 3 is 2.71 bits per heavy atom. The molecule has 1 N–H and O–H groups in total. The molecule has 0 spiro atoms. The number of benzene rings is 1. The van der Waals surface area contributed by atoms with Crippen molar-refractivity contribution >= 4 is 23.2 Å². The van der Waals surface area contributed by atoms with Gasteiger partial charge in [0.25, 0.3) is 5.91 Å². The van der Waals surface area contributed by atoms with E-state index in [1.807, 2.05) is 31.2 Å². The predicted octanol–water partition coefficient (Wildman–Crippen LogP) is 2.86. The molecule has 126 valence electrons. The first-order chi connectivity index (χ1) is 11.6. The second-order valence-electron chi connectivity index (χ2n) is 6.03. The first kappa shape index (κ1) is 16.6. The van der Waals surface area contributed by atoms with Gasteiger partial charge in [0.15, 0.2) is 0 Å². The summed E-state index contributed by atoms with van der Waals surface area (Å²) in [6.07, 6.45) is 2.60. The Labute approximate surface area is 145 Å². The summed E-state index contributed by atoms with van der Waals surface area (Å²) in [5.74, 6) is -0.255. The maximum absolute atomic E-state index is 12.8. The van der Waals surface area contributed by atoms with Gasteiger partial charge in [-0.15, -0.1) is 11.3 Å². The molecule has 5 nitrogen and oxygen atoms in total. The Morgan fingerprint density at radius 2 is 2.00 bits per heavy atom. The second kappa shape index (κ2) is 7.13. The van der Waals surface area contributed by atoms with E-state index >= 15 is 0 Å². The van der Waals surface area contributed by atoms with Crippen LogP contribution >= 0.6 is 11.3 Å². The van der Waals surface area contributed by atoms with Crippen molar-refractivity contribution in [2.24, 2.45) is 0 Å². The van der Waals surface area contributed by atoms with Crippen LogP contribution in [0.3, 0.4) is 0 Å². The summed E-state index contributed by atoms with van der Waals surface area (Å²) < 4.78 is 0. The number of hydrogen-bond acceptors (Lipinski definition) is 4. The lowest BCUT2D eigenvalue weighted by Crippen LogP contribution is -2.51. The monoisotopic (exact) mass is 343 g/mol. The van der Waals surface area contributed by atoms with Crippen LogP contribution in [0.15, 0.2) is 29.6 Å². The number of aryl methyl sites for hydroxylation is 1. The van der Waals surface area contributed by atoms with Crippen molar-refractivity contribution in [3.8, 4) is 10.6 Å². The van der Waals surface area contributed by atoms with Crippen LogP contribution in [0.4, 0.5) is 0 Å². The number of carbonyl (C=O) groups is 2. The van der Waals surface area contributed by atoms with Gasteiger partial charge in [0.05, 0.1) is 0 Å². The third-order valence-corrected chi connectivity index (χ3v) is 5.23. The number of likely N-dealkylation sites (tertiary alicyclic amines) is 1. The van der Waals surface area contributed by atoms with Gasteiger partial charge in [0, 0.05) is 24.5 Å². The lowest BCUT2D eigenvalue weighted by molar-refractivity contribution is -0.126. The highest BCUT2D eigenvalue weighted by molar-refractivity contribution is 7.13. The third-order valence-electron chi connectivity index (χ3n) is 4.33. The first-order valence-corrected chi connectivity index (χ1v) is 9.03. The molecule has 6 heteroatoms. The van der Waals surface area contributed by atoms with Crippen LogP contribution in [0, 0.1) is 6.92 Å². The van der Waals surface area contributed by atoms with E-state index in [0.717, 1.165) is 23.4 Å². The topological polar surface area (TPSA) is 62.3 Å². The van der Waals surface area contributed by atoms with Crippen LogP contribution in [-0.4, -0.2) is 41.3 Å². The minimum absolute atomic E-state index is 0.1000. The van der Waals surface area contributed by atoms with Gasteiger partial charge in [-0.05, 0) is 26.2 Å². The van der Waals surface area contributed by atoms with E-state index in [-0.39, 0.29) is 17.9 Å². The fourth-order valence-corrected chi connectivity index (χ4v) is 3.76. The van der Waals surface area contributed by atoms with Crippen molar-refractivity contribution < 1.29 is 9.59 Å². The molecule has 2 aromatic rings. The largest absolute Gasteiger partial charge is 0.357 e. The van der Waals surface area contributed by atoms with Crippen LogP contribution < -0.4 is 5.32 Å². The van der Waals surface area contributed by atoms with E-state index in [4.69, 9.17) is 0 Å². The molecule has 24 heavy (non-hydrogen) atoms. The van der Waals surface area contributed by atoms with E-state index in [1.165, 1.54) is 16.9 Å². The van der Waals surface area contributed by atoms with Gasteiger partial charge in [-0.1, -0.05) is 29.8 Å². The number of nitrogens with one attached hydrogen (secondary N) is 1. The van der Waals surface area contributed by atoms with E-state index in [9.17, 15) is 9.59 Å². The number of likely N-dealkylation sites (N-methyl/N-ethyl adjacent to an activating group) is 1. The Morgan fingerprint density at radius 1 is 1.25 bits per heavy atom. The van der Waals surface area contributed by atoms with Crippen molar-refractivity contribution in [1.82, 2.24) is 15.2 Å². The van der Waals surface area contributed by atoms with Gasteiger partial charge in [-0.2, -0.15) is 0 Å². The molecular formula is C18H21N3O2S. The molecule has 0 bridgehead atoms. The Bertz CT molecular complexity index is 739. The van der Waals surface area contributed by atoms with Crippen LogP contribution in [0.1, 0.15) is 35.3 Å². The highest BCUT2D eigenvalue weighted by atomic mass is 32.1. The van der Waals surface area contributed by atoms with Crippen LogP contribution in [0.25, 0.3) is 10.6 Å². The molecule has 1 aliphatic rings. The van der Waals surface area contributed by atoms with Gasteiger partial charge in [-0.25, -0.2) is 4.98 Å². The Hall–Kier alpha value is -2.21. The van der Waals surface area contributed by atoms with Crippen molar-refractivity contribution in [2.75, 3.05) is 13.6 Å². The number of nitrogens with zero attached hydrogens (tertiary/aromatic N) is 2. The molecule has 0 aliphatic carbocycles. The summed E-state index contributed by atoms with van der Waals surface area (Å²) in [5, 5.41) is 5.27. The molecule has 2 amide bonds. The van der Waals surface area contributed by atoms with Gasteiger partial charge in [0.1, 0.15) is 16.7 Å². The number of amides is 2. The van der Waals surface area contributed by atoms with Crippen LogP contribution in [0.2, 0.25) is 0 Å². The van der Waals surface area contributed by atoms with Crippen molar-refractivity contribution in [1.29, 1.82) is 0 Å². The zero-order chi connectivity index (χ0) is 17.1. The van der Waals surface area contributed by atoms with E-state index in [0.29, 0.717) is 18.7 Å². The first-order valence-electron chi connectivity index (χ1n) is 8.15. The molecular weight excluding hydrogens is 322 g/mol. The maximum atomic E-state index is 12.8. The van der Waals surface area contributed by atoms with Crippen LogP contribution in [-0.2, 0) is 4.79 Å². The van der Waals surface area contributed by atoms with Gasteiger partial charge in [-0.3, -0.25) is 9.59 Å². The molecule has 1 atom stereocenters. The number of piperidine rings is 1. The van der Waals surface area contributed by atoms with E-state index < -0.39 is 0 Å². The Balaban J connectivity index is 1.82. The molecule has 0 radical (unpaired) electrons. The highest BCUT2D eigenvalue weighted by Gasteiger charge is 2.33. The van der Waals surface area contributed by atoms with Crippen LogP contribution in [0.5, 0.6) is 0 Å². The molecule has 1 fully saturated rings. The molecule has 1 saturated heterocycles. The molecule has 1 aromatic carbocycles. The molecule has 1 aromatic heterocycles. The molecule has 0 unspecified atom stereocenters. The maximum Gasteiger partial charge on any atom is 0.274 e. The normalized spacial score (nSPS) is 17.6. The minimum atomic E-state index is -0.388. The van der Waals surface area contributed by atoms with E-state index in [1.54, 1.807) is 17.3 Å². The summed E-state index contributed by atoms with van der Waals surface area (Å²) >= 11 is 1.46. The Kier molecular flexibility index (Phi) is 4.94. The SMILES string of the molecule is CNC(=O)[C@@H]1CCCCN1C(=O)c1csc(-c2ccc(C)cc2)n1. The summed E-state index contributed by atoms with van der Waals surface area (Å²) in [7, 11) is 1.61. The average Bonchev–Trinajstić information content (AvgIpc) is 3.11.